The van der Waals surface area contributed by atoms with Crippen LogP contribution in [0, 0.1) is 11.3 Å². The third kappa shape index (κ3) is 5.90. The monoisotopic (exact) mass is 533 g/mol. The molecule has 2 atom stereocenters. The third-order valence-corrected chi connectivity index (χ3v) is 6.84. The summed E-state index contributed by atoms with van der Waals surface area (Å²) in [6.45, 7) is 5.11. The summed E-state index contributed by atoms with van der Waals surface area (Å²) in [7, 11) is 0. The molecule has 0 unspecified atom stereocenters. The van der Waals surface area contributed by atoms with Gasteiger partial charge in [0.05, 0.1) is 11.6 Å². The van der Waals surface area contributed by atoms with E-state index in [0.29, 0.717) is 17.3 Å². The first-order valence-electron chi connectivity index (χ1n) is 9.99. The van der Waals surface area contributed by atoms with Crippen LogP contribution < -0.4 is 5.32 Å². The number of ether oxygens (including phenoxy) is 1. The number of thioether (sulfide) groups is 1. The van der Waals surface area contributed by atoms with Gasteiger partial charge < -0.3 is 10.1 Å². The molecule has 0 bridgehead atoms. The Hall–Kier alpha value is -1.93. The SMILES string of the molecule is CC(C)(C)OC(=O)N1C[C@H](Sc2ccc(Br)cc2C(F)(F)F)C[C@H]1C(=O)NC1(C#N)CC1. The first kappa shape index (κ1) is 24.7. The van der Waals surface area contributed by atoms with Crippen molar-refractivity contribution in [2.75, 3.05) is 6.54 Å². The lowest BCUT2D eigenvalue weighted by atomic mass is 10.2. The first-order chi connectivity index (χ1) is 14.7. The fourth-order valence-electron chi connectivity index (χ4n) is 3.37. The highest BCUT2D eigenvalue weighted by molar-refractivity contribution is 9.10. The standard InChI is InChI=1S/C21H23BrF3N3O3S/c1-19(2,3)31-18(30)28-10-13(9-15(28)17(29)27-20(11-26)6-7-20)32-16-5-4-12(22)8-14(16)21(23,24)25/h4-5,8,13,15H,6-7,9-10H2,1-3H3,(H,27,29)/t13-,15+/m1/s1. The average molecular weight is 534 g/mol. The van der Waals surface area contributed by atoms with Crippen molar-refractivity contribution in [3.63, 3.8) is 0 Å². The zero-order valence-electron chi connectivity index (χ0n) is 17.8. The van der Waals surface area contributed by atoms with Crippen molar-refractivity contribution in [1.82, 2.24) is 10.2 Å². The van der Waals surface area contributed by atoms with E-state index in [2.05, 4.69) is 27.3 Å². The molecule has 1 aromatic carbocycles. The van der Waals surface area contributed by atoms with Gasteiger partial charge in [0, 0.05) is 21.2 Å². The Morgan fingerprint density at radius 3 is 2.50 bits per heavy atom. The summed E-state index contributed by atoms with van der Waals surface area (Å²) in [6.07, 6.45) is -4.06. The molecule has 1 saturated carbocycles. The summed E-state index contributed by atoms with van der Waals surface area (Å²) >= 11 is 4.05. The Balaban J connectivity index is 1.83. The lowest BCUT2D eigenvalue weighted by molar-refractivity contribution is -0.139. The number of benzene rings is 1. The number of alkyl halides is 3. The van der Waals surface area contributed by atoms with Gasteiger partial charge in [0.25, 0.3) is 0 Å². The van der Waals surface area contributed by atoms with Crippen LogP contribution in [0.1, 0.15) is 45.6 Å². The summed E-state index contributed by atoms with van der Waals surface area (Å²) < 4.78 is 46.3. The van der Waals surface area contributed by atoms with Crippen molar-refractivity contribution >= 4 is 39.7 Å². The van der Waals surface area contributed by atoms with Gasteiger partial charge in [-0.15, -0.1) is 11.8 Å². The quantitative estimate of drug-likeness (QED) is 0.581. The van der Waals surface area contributed by atoms with E-state index in [4.69, 9.17) is 4.74 Å². The zero-order valence-corrected chi connectivity index (χ0v) is 20.2. The van der Waals surface area contributed by atoms with Gasteiger partial charge in [0.2, 0.25) is 5.91 Å². The largest absolute Gasteiger partial charge is 0.444 e. The molecule has 1 heterocycles. The highest BCUT2D eigenvalue weighted by Crippen LogP contribution is 2.42. The molecule has 6 nitrogen and oxygen atoms in total. The molecule has 1 aliphatic carbocycles. The highest BCUT2D eigenvalue weighted by atomic mass is 79.9. The maximum Gasteiger partial charge on any atom is 0.417 e. The number of likely N-dealkylation sites (tertiary alicyclic amines) is 1. The number of amides is 2. The van der Waals surface area contributed by atoms with Crippen molar-refractivity contribution in [2.24, 2.45) is 0 Å². The van der Waals surface area contributed by atoms with E-state index >= 15 is 0 Å². The summed E-state index contributed by atoms with van der Waals surface area (Å²) in [5.41, 5.74) is -2.50. The van der Waals surface area contributed by atoms with E-state index in [0.717, 1.165) is 17.8 Å². The van der Waals surface area contributed by atoms with Crippen LogP contribution in [-0.2, 0) is 15.7 Å². The lowest BCUT2D eigenvalue weighted by Crippen LogP contribution is -2.50. The third-order valence-electron chi connectivity index (χ3n) is 5.06. The van der Waals surface area contributed by atoms with E-state index in [9.17, 15) is 28.0 Å². The van der Waals surface area contributed by atoms with Gasteiger partial charge in [0.1, 0.15) is 17.2 Å². The molecule has 2 amide bonds. The second-order valence-corrected chi connectivity index (χ2v) is 11.2. The maximum atomic E-state index is 13.5. The number of nitriles is 1. The number of rotatable bonds is 4. The minimum absolute atomic E-state index is 0.0200. The van der Waals surface area contributed by atoms with Gasteiger partial charge >= 0.3 is 12.3 Å². The van der Waals surface area contributed by atoms with Crippen LogP contribution in [0.3, 0.4) is 0 Å². The molecule has 1 aliphatic heterocycles. The minimum Gasteiger partial charge on any atom is -0.444 e. The second-order valence-electron chi connectivity index (χ2n) is 8.95. The van der Waals surface area contributed by atoms with Crippen molar-refractivity contribution in [3.05, 3.63) is 28.2 Å². The molecule has 0 spiro atoms. The van der Waals surface area contributed by atoms with Gasteiger partial charge in [-0.3, -0.25) is 9.69 Å². The van der Waals surface area contributed by atoms with Crippen LogP contribution in [0.15, 0.2) is 27.6 Å². The Kier molecular flexibility index (Phi) is 6.78. The molecule has 1 saturated heterocycles. The molecule has 0 radical (unpaired) electrons. The van der Waals surface area contributed by atoms with Gasteiger partial charge in [-0.2, -0.15) is 18.4 Å². The molecule has 32 heavy (non-hydrogen) atoms. The zero-order chi connectivity index (χ0) is 23.9. The van der Waals surface area contributed by atoms with Crippen molar-refractivity contribution < 1.29 is 27.5 Å². The van der Waals surface area contributed by atoms with Gasteiger partial charge in [-0.05, 0) is 58.2 Å². The summed E-state index contributed by atoms with van der Waals surface area (Å²) in [5, 5.41) is 11.5. The van der Waals surface area contributed by atoms with E-state index in [1.165, 1.54) is 17.0 Å². The number of hydrogen-bond acceptors (Lipinski definition) is 5. The molecule has 2 aliphatic rings. The lowest BCUT2D eigenvalue weighted by Gasteiger charge is -2.28. The van der Waals surface area contributed by atoms with Crippen molar-refractivity contribution in [2.45, 2.75) is 73.5 Å². The van der Waals surface area contributed by atoms with Crippen LogP contribution >= 0.6 is 27.7 Å². The number of carbonyl (C=O) groups is 2. The fourth-order valence-corrected chi connectivity index (χ4v) is 5.05. The van der Waals surface area contributed by atoms with Crippen molar-refractivity contribution in [3.8, 4) is 6.07 Å². The Morgan fingerprint density at radius 2 is 1.97 bits per heavy atom. The Labute approximate surface area is 197 Å². The number of nitrogens with zero attached hydrogens (tertiary/aromatic N) is 2. The van der Waals surface area contributed by atoms with Gasteiger partial charge in [-0.25, -0.2) is 4.79 Å². The van der Waals surface area contributed by atoms with E-state index in [1.54, 1.807) is 20.8 Å². The fraction of sp³-hybridized carbons (Fsp3) is 0.571. The number of halogens is 4. The second kappa shape index (κ2) is 8.78. The topological polar surface area (TPSA) is 82.4 Å². The number of hydrogen-bond donors (Lipinski definition) is 1. The first-order valence-corrected chi connectivity index (χ1v) is 11.7. The highest BCUT2D eigenvalue weighted by Gasteiger charge is 2.49. The summed E-state index contributed by atoms with van der Waals surface area (Å²) in [4.78, 5) is 26.9. The normalized spacial score (nSPS) is 22.2. The molecular weight excluding hydrogens is 511 g/mol. The van der Waals surface area contributed by atoms with Gasteiger partial charge in [0.15, 0.2) is 0 Å². The van der Waals surface area contributed by atoms with E-state index in [-0.39, 0.29) is 17.9 Å². The molecule has 0 aromatic heterocycles. The summed E-state index contributed by atoms with van der Waals surface area (Å²) in [6, 6.07) is 5.04. The predicted molar refractivity (Wildman–Crippen MR) is 116 cm³/mol. The smallest absolute Gasteiger partial charge is 0.417 e. The van der Waals surface area contributed by atoms with Crippen LogP contribution in [-0.4, -0.2) is 45.9 Å². The van der Waals surface area contributed by atoms with Crippen LogP contribution in [0.2, 0.25) is 0 Å². The number of carbonyl (C=O) groups excluding carboxylic acids is 2. The molecule has 2 fully saturated rings. The van der Waals surface area contributed by atoms with Gasteiger partial charge in [-0.1, -0.05) is 15.9 Å². The van der Waals surface area contributed by atoms with Crippen molar-refractivity contribution in [1.29, 1.82) is 5.26 Å². The van der Waals surface area contributed by atoms with E-state index in [1.807, 2.05) is 0 Å². The average Bonchev–Trinajstić information content (AvgIpc) is 3.30. The molecule has 3 rings (SSSR count). The molecule has 11 heteroatoms. The minimum atomic E-state index is -4.54. The van der Waals surface area contributed by atoms with Crippen LogP contribution in [0.5, 0.6) is 0 Å². The Bertz CT molecular complexity index is 954. The number of nitrogens with one attached hydrogen (secondary N) is 1. The van der Waals surface area contributed by atoms with Crippen LogP contribution in [0.4, 0.5) is 18.0 Å². The Morgan fingerprint density at radius 1 is 1.31 bits per heavy atom. The predicted octanol–water partition coefficient (Wildman–Crippen LogP) is 5.11. The molecule has 174 valence electrons. The molecule has 1 N–H and O–H groups in total. The summed E-state index contributed by atoms with van der Waals surface area (Å²) in [5.74, 6) is -0.495. The maximum absolute atomic E-state index is 13.5. The molecule has 1 aromatic rings. The van der Waals surface area contributed by atoms with E-state index < -0.39 is 46.2 Å². The van der Waals surface area contributed by atoms with Crippen LogP contribution in [0.25, 0.3) is 0 Å². The molecular formula is C21H23BrF3N3O3S.